The molecule has 1 aliphatic heterocycles. The van der Waals surface area contributed by atoms with Gasteiger partial charge in [-0.3, -0.25) is 0 Å². The molecule has 112 valence electrons. The maximum Gasteiger partial charge on any atom is 0.0421 e. The van der Waals surface area contributed by atoms with Gasteiger partial charge >= 0.3 is 0 Å². The minimum absolute atomic E-state index is 0.686. The van der Waals surface area contributed by atoms with Gasteiger partial charge in [0.1, 0.15) is 0 Å². The average molecular weight is 340 g/mol. The van der Waals surface area contributed by atoms with E-state index in [4.69, 9.17) is 0 Å². The summed E-state index contributed by atoms with van der Waals surface area (Å²) in [5.74, 6) is 0. The van der Waals surface area contributed by atoms with Gasteiger partial charge < -0.3 is 15.1 Å². The van der Waals surface area contributed by atoms with E-state index < -0.39 is 0 Å². The first-order chi connectivity index (χ1) is 9.61. The van der Waals surface area contributed by atoms with Gasteiger partial charge in [-0.2, -0.15) is 0 Å². The number of hydrogen-bond acceptors (Lipinski definition) is 3. The molecule has 0 bridgehead atoms. The first kappa shape index (κ1) is 15.8. The van der Waals surface area contributed by atoms with E-state index in [1.807, 2.05) is 0 Å². The highest BCUT2D eigenvalue weighted by molar-refractivity contribution is 9.10. The van der Waals surface area contributed by atoms with Gasteiger partial charge in [-0.05, 0) is 50.7 Å². The van der Waals surface area contributed by atoms with Crippen LogP contribution in [0.15, 0.2) is 22.7 Å². The predicted molar refractivity (Wildman–Crippen MR) is 90.4 cm³/mol. The number of likely N-dealkylation sites (N-methyl/N-ethyl adjacent to an activating group) is 2. The fraction of sp³-hybridized carbons (Fsp3) is 0.625. The number of halogens is 1. The molecule has 1 N–H and O–H groups in total. The fourth-order valence-electron chi connectivity index (χ4n) is 2.93. The van der Waals surface area contributed by atoms with Gasteiger partial charge in [-0.25, -0.2) is 0 Å². The Labute approximate surface area is 131 Å². The summed E-state index contributed by atoms with van der Waals surface area (Å²) in [4.78, 5) is 4.89. The Morgan fingerprint density at radius 3 is 2.90 bits per heavy atom. The van der Waals surface area contributed by atoms with Crippen LogP contribution < -0.4 is 10.2 Å². The van der Waals surface area contributed by atoms with E-state index in [-0.39, 0.29) is 0 Å². The van der Waals surface area contributed by atoms with Crippen molar-refractivity contribution in [2.45, 2.75) is 32.4 Å². The van der Waals surface area contributed by atoms with Crippen molar-refractivity contribution in [3.05, 3.63) is 28.2 Å². The number of benzene rings is 1. The van der Waals surface area contributed by atoms with Crippen molar-refractivity contribution < 1.29 is 0 Å². The van der Waals surface area contributed by atoms with Crippen LogP contribution in [0.3, 0.4) is 0 Å². The Hall–Kier alpha value is -0.580. The van der Waals surface area contributed by atoms with Crippen LogP contribution in [0, 0.1) is 0 Å². The number of rotatable bonds is 6. The zero-order valence-electron chi connectivity index (χ0n) is 12.8. The van der Waals surface area contributed by atoms with E-state index in [9.17, 15) is 0 Å². The van der Waals surface area contributed by atoms with Crippen LogP contribution in [-0.4, -0.2) is 44.7 Å². The maximum absolute atomic E-state index is 3.60. The van der Waals surface area contributed by atoms with Crippen molar-refractivity contribution in [3.63, 3.8) is 0 Å². The lowest BCUT2D eigenvalue weighted by molar-refractivity contribution is 0.314. The third-order valence-corrected chi connectivity index (χ3v) is 4.67. The quantitative estimate of drug-likeness (QED) is 0.859. The second-order valence-electron chi connectivity index (χ2n) is 5.71. The van der Waals surface area contributed by atoms with Crippen LogP contribution in [0.4, 0.5) is 5.69 Å². The van der Waals surface area contributed by atoms with Crippen LogP contribution in [-0.2, 0) is 6.54 Å². The Morgan fingerprint density at radius 1 is 1.45 bits per heavy atom. The van der Waals surface area contributed by atoms with Crippen molar-refractivity contribution >= 4 is 21.6 Å². The van der Waals surface area contributed by atoms with Crippen LogP contribution in [0.2, 0.25) is 0 Å². The summed E-state index contributed by atoms with van der Waals surface area (Å²) in [5.41, 5.74) is 2.71. The molecule has 3 nitrogen and oxygen atoms in total. The molecule has 1 fully saturated rings. The zero-order chi connectivity index (χ0) is 14.5. The molecule has 2 rings (SSSR count). The Bertz CT molecular complexity index is 436. The standard InChI is InChI=1S/C16H26BrN3/c1-4-18-11-13-7-8-14(17)10-16(13)20(3)12-15-6-5-9-19(15)2/h7-8,10,15,18H,4-6,9,11-12H2,1-3H3. The molecular weight excluding hydrogens is 314 g/mol. The maximum atomic E-state index is 3.60. The average Bonchev–Trinajstić information content (AvgIpc) is 2.83. The van der Waals surface area contributed by atoms with Crippen molar-refractivity contribution in [1.82, 2.24) is 10.2 Å². The van der Waals surface area contributed by atoms with Crippen molar-refractivity contribution in [2.24, 2.45) is 0 Å². The predicted octanol–water partition coefficient (Wildman–Crippen LogP) is 3.09. The Balaban J connectivity index is 2.10. The van der Waals surface area contributed by atoms with E-state index in [0.717, 1.165) is 24.1 Å². The minimum Gasteiger partial charge on any atom is -0.373 e. The SMILES string of the molecule is CCNCc1ccc(Br)cc1N(C)CC1CCCN1C. The lowest BCUT2D eigenvalue weighted by atomic mass is 10.1. The van der Waals surface area contributed by atoms with Crippen LogP contribution in [0.5, 0.6) is 0 Å². The number of likely N-dealkylation sites (tertiary alicyclic amines) is 1. The molecule has 1 aromatic carbocycles. The first-order valence-electron chi connectivity index (χ1n) is 7.52. The fourth-order valence-corrected chi connectivity index (χ4v) is 3.27. The Morgan fingerprint density at radius 2 is 2.25 bits per heavy atom. The largest absolute Gasteiger partial charge is 0.373 e. The van der Waals surface area contributed by atoms with E-state index >= 15 is 0 Å². The molecule has 1 heterocycles. The highest BCUT2D eigenvalue weighted by atomic mass is 79.9. The van der Waals surface area contributed by atoms with Gasteiger partial charge in [0.25, 0.3) is 0 Å². The van der Waals surface area contributed by atoms with Crippen LogP contribution in [0.1, 0.15) is 25.3 Å². The zero-order valence-corrected chi connectivity index (χ0v) is 14.4. The molecule has 1 atom stereocenters. The summed E-state index contributed by atoms with van der Waals surface area (Å²) in [5, 5.41) is 3.43. The second kappa shape index (κ2) is 7.43. The molecule has 0 amide bonds. The highest BCUT2D eigenvalue weighted by Crippen LogP contribution is 2.26. The van der Waals surface area contributed by atoms with Crippen LogP contribution >= 0.6 is 15.9 Å². The van der Waals surface area contributed by atoms with Gasteiger partial charge in [0.15, 0.2) is 0 Å². The Kier molecular flexibility index (Phi) is 5.87. The summed E-state index contributed by atoms with van der Waals surface area (Å²) in [7, 11) is 4.45. The molecule has 1 aromatic rings. The lowest BCUT2D eigenvalue weighted by Crippen LogP contribution is -2.37. The topological polar surface area (TPSA) is 18.5 Å². The molecule has 0 aromatic heterocycles. The summed E-state index contributed by atoms with van der Waals surface area (Å²) in [6.07, 6.45) is 2.65. The number of nitrogens with one attached hydrogen (secondary N) is 1. The van der Waals surface area contributed by atoms with Gasteiger partial charge in [0.2, 0.25) is 0 Å². The van der Waals surface area contributed by atoms with Crippen LogP contribution in [0.25, 0.3) is 0 Å². The molecule has 0 radical (unpaired) electrons. The number of hydrogen-bond donors (Lipinski definition) is 1. The van der Waals surface area contributed by atoms with E-state index in [1.54, 1.807) is 0 Å². The summed E-state index contributed by atoms with van der Waals surface area (Å²) in [6.45, 7) is 6.43. The van der Waals surface area contributed by atoms with E-state index in [1.165, 1.54) is 30.6 Å². The van der Waals surface area contributed by atoms with Gasteiger partial charge in [-0.1, -0.05) is 28.9 Å². The second-order valence-corrected chi connectivity index (χ2v) is 6.63. The molecule has 20 heavy (non-hydrogen) atoms. The molecule has 0 aliphatic carbocycles. The van der Waals surface area contributed by atoms with E-state index in [0.29, 0.717) is 6.04 Å². The monoisotopic (exact) mass is 339 g/mol. The smallest absolute Gasteiger partial charge is 0.0421 e. The summed E-state index contributed by atoms with van der Waals surface area (Å²) >= 11 is 3.60. The third-order valence-electron chi connectivity index (χ3n) is 4.18. The number of nitrogens with zero attached hydrogens (tertiary/aromatic N) is 2. The van der Waals surface area contributed by atoms with Crippen molar-refractivity contribution in [2.75, 3.05) is 38.6 Å². The molecule has 1 saturated heterocycles. The molecule has 0 saturated carbocycles. The number of anilines is 1. The lowest BCUT2D eigenvalue weighted by Gasteiger charge is -2.29. The third kappa shape index (κ3) is 3.96. The molecule has 1 unspecified atom stereocenters. The normalized spacial score (nSPS) is 19.5. The highest BCUT2D eigenvalue weighted by Gasteiger charge is 2.22. The molecule has 4 heteroatoms. The molecule has 0 spiro atoms. The van der Waals surface area contributed by atoms with Crippen molar-refractivity contribution in [1.29, 1.82) is 0 Å². The summed E-state index contributed by atoms with van der Waals surface area (Å²) in [6, 6.07) is 7.27. The van der Waals surface area contributed by atoms with Gasteiger partial charge in [0.05, 0.1) is 0 Å². The first-order valence-corrected chi connectivity index (χ1v) is 8.31. The van der Waals surface area contributed by atoms with E-state index in [2.05, 4.69) is 70.3 Å². The van der Waals surface area contributed by atoms with Gasteiger partial charge in [-0.15, -0.1) is 0 Å². The molecule has 1 aliphatic rings. The van der Waals surface area contributed by atoms with Gasteiger partial charge in [0, 0.05) is 36.3 Å². The molecular formula is C16H26BrN3. The minimum atomic E-state index is 0.686. The summed E-state index contributed by atoms with van der Waals surface area (Å²) < 4.78 is 1.15. The van der Waals surface area contributed by atoms with Crippen molar-refractivity contribution in [3.8, 4) is 0 Å².